The van der Waals surface area contributed by atoms with E-state index in [1.165, 1.54) is 23.6 Å². The monoisotopic (exact) mass is 411 g/mol. The minimum atomic E-state index is 0.797. The zero-order valence-corrected chi connectivity index (χ0v) is 15.0. The van der Waals surface area contributed by atoms with Gasteiger partial charge in [-0.25, -0.2) is 0 Å². The van der Waals surface area contributed by atoms with E-state index >= 15 is 0 Å². The number of rotatable bonds is 4. The Morgan fingerprint density at radius 1 is 1.10 bits per heavy atom. The van der Waals surface area contributed by atoms with Gasteiger partial charge in [0.15, 0.2) is 0 Å². The molecule has 0 atom stereocenters. The number of nitrogens with one attached hydrogen (secondary N) is 1. The van der Waals surface area contributed by atoms with Crippen molar-refractivity contribution in [2.75, 3.05) is 19.7 Å². The molecular formula is C17H19Br2NO. The van der Waals surface area contributed by atoms with Crippen LogP contribution >= 0.6 is 31.9 Å². The van der Waals surface area contributed by atoms with Crippen LogP contribution in [-0.2, 0) is 0 Å². The molecule has 1 aliphatic rings. The van der Waals surface area contributed by atoms with Gasteiger partial charge in [0, 0.05) is 4.47 Å². The van der Waals surface area contributed by atoms with Gasteiger partial charge < -0.3 is 10.1 Å². The van der Waals surface area contributed by atoms with Crippen LogP contribution in [0.2, 0.25) is 0 Å². The molecule has 0 bridgehead atoms. The van der Waals surface area contributed by atoms with Gasteiger partial charge in [-0.1, -0.05) is 28.1 Å². The summed E-state index contributed by atoms with van der Waals surface area (Å²) in [7, 11) is 0. The Labute approximate surface area is 142 Å². The van der Waals surface area contributed by atoms with E-state index in [4.69, 9.17) is 4.74 Å². The van der Waals surface area contributed by atoms with Crippen molar-refractivity contribution in [3.05, 3.63) is 39.3 Å². The highest BCUT2D eigenvalue weighted by Gasteiger charge is 2.13. The van der Waals surface area contributed by atoms with Crippen LogP contribution in [0.5, 0.6) is 5.75 Å². The third-order valence-electron chi connectivity index (χ3n) is 4.12. The molecule has 1 saturated heterocycles. The number of halogens is 2. The van der Waals surface area contributed by atoms with Crippen molar-refractivity contribution in [1.29, 1.82) is 0 Å². The summed E-state index contributed by atoms with van der Waals surface area (Å²) >= 11 is 7.19. The summed E-state index contributed by atoms with van der Waals surface area (Å²) in [5.74, 6) is 1.75. The largest absolute Gasteiger partial charge is 0.492 e. The second kappa shape index (κ2) is 7.12. The highest BCUT2D eigenvalue weighted by molar-refractivity contribution is 9.11. The zero-order chi connectivity index (χ0) is 14.7. The summed E-state index contributed by atoms with van der Waals surface area (Å²) in [6, 6.07) is 10.5. The second-order valence-corrected chi connectivity index (χ2v) is 7.28. The second-order valence-electron chi connectivity index (χ2n) is 5.57. The molecule has 0 radical (unpaired) electrons. The summed E-state index contributed by atoms with van der Waals surface area (Å²) < 4.78 is 8.15. The fraction of sp³-hybridized carbons (Fsp3) is 0.412. The zero-order valence-electron chi connectivity index (χ0n) is 11.9. The first-order valence-electron chi connectivity index (χ1n) is 7.45. The minimum absolute atomic E-state index is 0.797. The normalized spacial score (nSPS) is 16.3. The van der Waals surface area contributed by atoms with Crippen molar-refractivity contribution in [2.24, 2.45) is 5.92 Å². The molecule has 4 heteroatoms. The Morgan fingerprint density at radius 2 is 1.90 bits per heavy atom. The van der Waals surface area contributed by atoms with E-state index in [-0.39, 0.29) is 0 Å². The van der Waals surface area contributed by atoms with Crippen molar-refractivity contribution in [3.63, 3.8) is 0 Å². The van der Waals surface area contributed by atoms with Crippen LogP contribution in [0.3, 0.4) is 0 Å². The number of benzene rings is 2. The topological polar surface area (TPSA) is 21.3 Å². The Kier molecular flexibility index (Phi) is 5.19. The summed E-state index contributed by atoms with van der Waals surface area (Å²) in [5, 5.41) is 5.81. The molecule has 0 aromatic heterocycles. The Hall–Kier alpha value is -0.580. The fourth-order valence-corrected chi connectivity index (χ4v) is 3.85. The van der Waals surface area contributed by atoms with Crippen molar-refractivity contribution < 1.29 is 4.74 Å². The van der Waals surface area contributed by atoms with E-state index in [1.54, 1.807) is 0 Å². The smallest absolute Gasteiger partial charge is 0.134 e. The van der Waals surface area contributed by atoms with Gasteiger partial charge in [-0.3, -0.25) is 0 Å². The first-order chi connectivity index (χ1) is 10.2. The molecule has 1 heterocycles. The summed E-state index contributed by atoms with van der Waals surface area (Å²) in [6.45, 7) is 3.10. The predicted octanol–water partition coefficient (Wildman–Crippen LogP) is 5.13. The number of fused-ring (bicyclic) bond motifs is 1. The first-order valence-corrected chi connectivity index (χ1v) is 9.04. The summed E-state index contributed by atoms with van der Waals surface area (Å²) in [5.41, 5.74) is 0. The van der Waals surface area contributed by atoms with Crippen LogP contribution in [0.1, 0.15) is 19.3 Å². The van der Waals surface area contributed by atoms with Crippen LogP contribution in [0, 0.1) is 5.92 Å². The van der Waals surface area contributed by atoms with Crippen LogP contribution in [-0.4, -0.2) is 19.7 Å². The molecule has 1 N–H and O–H groups in total. The molecule has 1 fully saturated rings. The molecule has 3 rings (SSSR count). The first kappa shape index (κ1) is 15.3. The predicted molar refractivity (Wildman–Crippen MR) is 95.1 cm³/mol. The SMILES string of the molecule is Brc1ccc2c(Br)c(OCCC3CCNCC3)ccc2c1. The van der Waals surface area contributed by atoms with Gasteiger partial charge in [-0.05, 0) is 83.2 Å². The van der Waals surface area contributed by atoms with Crippen LogP contribution < -0.4 is 10.1 Å². The van der Waals surface area contributed by atoms with Crippen molar-refractivity contribution in [1.82, 2.24) is 5.32 Å². The van der Waals surface area contributed by atoms with E-state index in [9.17, 15) is 0 Å². The molecule has 2 aromatic carbocycles. The maximum atomic E-state index is 6.00. The third-order valence-corrected chi connectivity index (χ3v) is 5.43. The lowest BCUT2D eigenvalue weighted by Gasteiger charge is -2.22. The lowest BCUT2D eigenvalue weighted by molar-refractivity contribution is 0.251. The van der Waals surface area contributed by atoms with Gasteiger partial charge in [0.2, 0.25) is 0 Å². The van der Waals surface area contributed by atoms with E-state index in [2.05, 4.69) is 67.5 Å². The van der Waals surface area contributed by atoms with Crippen LogP contribution in [0.25, 0.3) is 10.8 Å². The summed E-state index contributed by atoms with van der Waals surface area (Å²) in [4.78, 5) is 0. The highest BCUT2D eigenvalue weighted by Crippen LogP contribution is 2.34. The van der Waals surface area contributed by atoms with Gasteiger partial charge in [0.1, 0.15) is 5.75 Å². The molecule has 2 aromatic rings. The maximum absolute atomic E-state index is 6.00. The molecule has 112 valence electrons. The number of piperidine rings is 1. The van der Waals surface area contributed by atoms with E-state index in [0.29, 0.717) is 0 Å². The minimum Gasteiger partial charge on any atom is -0.492 e. The Balaban J connectivity index is 1.66. The maximum Gasteiger partial charge on any atom is 0.134 e. The number of ether oxygens (including phenoxy) is 1. The molecule has 0 aliphatic carbocycles. The van der Waals surface area contributed by atoms with Crippen molar-refractivity contribution in [2.45, 2.75) is 19.3 Å². The number of hydrogen-bond acceptors (Lipinski definition) is 2. The van der Waals surface area contributed by atoms with Crippen molar-refractivity contribution in [3.8, 4) is 5.75 Å². The summed E-state index contributed by atoms with van der Waals surface area (Å²) in [6.07, 6.45) is 3.69. The van der Waals surface area contributed by atoms with Gasteiger partial charge in [-0.15, -0.1) is 0 Å². The molecule has 0 spiro atoms. The molecule has 0 amide bonds. The Bertz CT molecular complexity index is 623. The molecule has 2 nitrogen and oxygen atoms in total. The van der Waals surface area contributed by atoms with Gasteiger partial charge in [-0.2, -0.15) is 0 Å². The third kappa shape index (κ3) is 3.79. The van der Waals surface area contributed by atoms with Crippen LogP contribution in [0.4, 0.5) is 0 Å². The van der Waals surface area contributed by atoms with Gasteiger partial charge >= 0.3 is 0 Å². The fourth-order valence-electron chi connectivity index (χ4n) is 2.86. The molecule has 21 heavy (non-hydrogen) atoms. The quantitative estimate of drug-likeness (QED) is 0.751. The standard InChI is InChI=1S/C17H19Br2NO/c18-14-2-3-15-13(11-14)1-4-16(17(15)19)21-10-7-12-5-8-20-9-6-12/h1-4,11-12,20H,5-10H2. The molecule has 1 aliphatic heterocycles. The average Bonchev–Trinajstić information content (AvgIpc) is 2.50. The molecule has 0 unspecified atom stereocenters. The Morgan fingerprint density at radius 3 is 2.71 bits per heavy atom. The van der Waals surface area contributed by atoms with E-state index in [0.717, 1.165) is 46.7 Å². The lowest BCUT2D eigenvalue weighted by atomic mass is 9.95. The number of hydrogen-bond donors (Lipinski definition) is 1. The van der Waals surface area contributed by atoms with E-state index < -0.39 is 0 Å². The van der Waals surface area contributed by atoms with Crippen molar-refractivity contribution >= 4 is 42.6 Å². The molecule has 0 saturated carbocycles. The van der Waals surface area contributed by atoms with E-state index in [1.807, 2.05) is 0 Å². The van der Waals surface area contributed by atoms with Gasteiger partial charge in [0.05, 0.1) is 11.1 Å². The van der Waals surface area contributed by atoms with Crippen LogP contribution in [0.15, 0.2) is 39.3 Å². The highest BCUT2D eigenvalue weighted by atomic mass is 79.9. The van der Waals surface area contributed by atoms with Gasteiger partial charge in [0.25, 0.3) is 0 Å². The lowest BCUT2D eigenvalue weighted by Crippen LogP contribution is -2.28. The average molecular weight is 413 g/mol. The molecular weight excluding hydrogens is 394 g/mol.